The molecule has 1 aromatic rings. The number of rotatable bonds is 7. The molecule has 0 spiro atoms. The van der Waals surface area contributed by atoms with Crippen LogP contribution in [0.15, 0.2) is 24.3 Å². The van der Waals surface area contributed by atoms with Crippen molar-refractivity contribution < 1.29 is 10.2 Å². The van der Waals surface area contributed by atoms with E-state index in [0.717, 1.165) is 12.1 Å². The van der Waals surface area contributed by atoms with Crippen molar-refractivity contribution in [3.63, 3.8) is 0 Å². The Morgan fingerprint density at radius 1 is 1.00 bits per heavy atom. The van der Waals surface area contributed by atoms with Crippen LogP contribution in [0.1, 0.15) is 32.8 Å². The molecule has 0 saturated heterocycles. The van der Waals surface area contributed by atoms with Crippen LogP contribution in [0.25, 0.3) is 0 Å². The molecule has 0 amide bonds. The average molecular weight is 251 g/mol. The van der Waals surface area contributed by atoms with Gasteiger partial charge in [-0.3, -0.25) is 0 Å². The highest BCUT2D eigenvalue weighted by molar-refractivity contribution is 5.48. The Morgan fingerprint density at radius 2 is 1.50 bits per heavy atom. The van der Waals surface area contributed by atoms with E-state index in [0.29, 0.717) is 13.1 Å². The summed E-state index contributed by atoms with van der Waals surface area (Å²) in [6.07, 6.45) is 1.10. The molecule has 3 nitrogen and oxygen atoms in total. The van der Waals surface area contributed by atoms with E-state index in [4.69, 9.17) is 10.2 Å². The highest BCUT2D eigenvalue weighted by Crippen LogP contribution is 2.28. The van der Waals surface area contributed by atoms with Gasteiger partial charge >= 0.3 is 0 Å². The van der Waals surface area contributed by atoms with Gasteiger partial charge in [0.05, 0.1) is 13.2 Å². The van der Waals surface area contributed by atoms with E-state index >= 15 is 0 Å². The fourth-order valence-electron chi connectivity index (χ4n) is 1.94. The van der Waals surface area contributed by atoms with Crippen molar-refractivity contribution >= 4 is 5.69 Å². The van der Waals surface area contributed by atoms with Crippen LogP contribution in [0.2, 0.25) is 0 Å². The summed E-state index contributed by atoms with van der Waals surface area (Å²) in [5, 5.41) is 18.0. The zero-order valence-electron chi connectivity index (χ0n) is 11.7. The van der Waals surface area contributed by atoms with Gasteiger partial charge in [0.15, 0.2) is 0 Å². The van der Waals surface area contributed by atoms with Crippen molar-refractivity contribution in [3.05, 3.63) is 29.8 Å². The molecule has 2 N–H and O–H groups in total. The smallest absolute Gasteiger partial charge is 0.0606 e. The third kappa shape index (κ3) is 3.72. The van der Waals surface area contributed by atoms with E-state index in [1.54, 1.807) is 0 Å². The van der Waals surface area contributed by atoms with Crippen LogP contribution in [0.5, 0.6) is 0 Å². The second kappa shape index (κ2) is 6.76. The van der Waals surface area contributed by atoms with Crippen LogP contribution in [0.3, 0.4) is 0 Å². The second-order valence-corrected chi connectivity index (χ2v) is 5.22. The number of nitrogens with zero attached hydrogens (tertiary/aromatic N) is 1. The molecule has 0 aliphatic heterocycles. The minimum absolute atomic E-state index is 0.0994. The maximum atomic E-state index is 9.02. The summed E-state index contributed by atoms with van der Waals surface area (Å²) in [5.41, 5.74) is 2.56. The third-order valence-electron chi connectivity index (χ3n) is 3.64. The lowest BCUT2D eigenvalue weighted by Crippen LogP contribution is -2.29. The number of benzene rings is 1. The largest absolute Gasteiger partial charge is 0.395 e. The lowest BCUT2D eigenvalue weighted by Gasteiger charge is -2.26. The fourth-order valence-corrected chi connectivity index (χ4v) is 1.94. The van der Waals surface area contributed by atoms with Gasteiger partial charge in [-0.15, -0.1) is 0 Å². The van der Waals surface area contributed by atoms with E-state index in [1.807, 2.05) is 4.90 Å². The van der Waals surface area contributed by atoms with Gasteiger partial charge in [0.25, 0.3) is 0 Å². The molecule has 0 aromatic heterocycles. The van der Waals surface area contributed by atoms with Gasteiger partial charge in [-0.2, -0.15) is 0 Å². The number of hydrogen-bond acceptors (Lipinski definition) is 3. The summed E-state index contributed by atoms with van der Waals surface area (Å²) in [5.74, 6) is 0. The number of aliphatic hydroxyl groups is 2. The molecule has 0 saturated carbocycles. The first-order valence-electron chi connectivity index (χ1n) is 6.62. The molecule has 0 aliphatic carbocycles. The van der Waals surface area contributed by atoms with E-state index in [1.165, 1.54) is 5.56 Å². The van der Waals surface area contributed by atoms with Gasteiger partial charge in [0.1, 0.15) is 0 Å². The minimum atomic E-state index is 0.0994. The normalized spacial score (nSPS) is 11.6. The van der Waals surface area contributed by atoms with Gasteiger partial charge in [0, 0.05) is 18.8 Å². The summed E-state index contributed by atoms with van der Waals surface area (Å²) in [6.45, 7) is 7.97. The van der Waals surface area contributed by atoms with E-state index < -0.39 is 0 Å². The van der Waals surface area contributed by atoms with Gasteiger partial charge in [-0.1, -0.05) is 32.9 Å². The molecular weight excluding hydrogens is 226 g/mol. The second-order valence-electron chi connectivity index (χ2n) is 5.22. The molecule has 1 rings (SSSR count). The van der Waals surface area contributed by atoms with Crippen molar-refractivity contribution in [2.24, 2.45) is 0 Å². The Hall–Kier alpha value is -1.06. The molecule has 0 atom stereocenters. The maximum absolute atomic E-state index is 9.02. The molecule has 0 radical (unpaired) electrons. The quantitative estimate of drug-likeness (QED) is 0.780. The third-order valence-corrected chi connectivity index (χ3v) is 3.64. The van der Waals surface area contributed by atoms with Crippen molar-refractivity contribution in [2.45, 2.75) is 32.6 Å². The molecule has 18 heavy (non-hydrogen) atoms. The maximum Gasteiger partial charge on any atom is 0.0606 e. The Bertz CT molecular complexity index is 340. The van der Waals surface area contributed by atoms with Gasteiger partial charge in [0.2, 0.25) is 0 Å². The summed E-state index contributed by atoms with van der Waals surface area (Å²) in [4.78, 5) is 1.99. The predicted molar refractivity (Wildman–Crippen MR) is 76.1 cm³/mol. The molecule has 0 aliphatic rings. The van der Waals surface area contributed by atoms with Gasteiger partial charge < -0.3 is 15.1 Å². The zero-order valence-corrected chi connectivity index (χ0v) is 11.7. The molecule has 0 heterocycles. The Kier molecular flexibility index (Phi) is 5.63. The average Bonchev–Trinajstić information content (AvgIpc) is 2.39. The number of hydrogen-bond donors (Lipinski definition) is 2. The van der Waals surface area contributed by atoms with Crippen LogP contribution in [-0.4, -0.2) is 36.5 Å². The first kappa shape index (κ1) is 15.0. The molecule has 102 valence electrons. The fraction of sp³-hybridized carbons (Fsp3) is 0.600. The topological polar surface area (TPSA) is 43.7 Å². The Balaban J connectivity index is 2.86. The molecular formula is C15H25NO2. The first-order valence-corrected chi connectivity index (χ1v) is 6.62. The summed E-state index contributed by atoms with van der Waals surface area (Å²) in [6, 6.07) is 8.41. The van der Waals surface area contributed by atoms with Crippen LogP contribution in [-0.2, 0) is 5.41 Å². The highest BCUT2D eigenvalue weighted by Gasteiger charge is 2.17. The van der Waals surface area contributed by atoms with Gasteiger partial charge in [-0.05, 0) is 29.5 Å². The molecule has 3 heteroatoms. The molecule has 0 unspecified atom stereocenters. The van der Waals surface area contributed by atoms with Crippen LogP contribution >= 0.6 is 0 Å². The summed E-state index contributed by atoms with van der Waals surface area (Å²) < 4.78 is 0. The lowest BCUT2D eigenvalue weighted by atomic mass is 9.82. The number of anilines is 1. The SMILES string of the molecule is CCC(C)(C)c1ccc(N(CCO)CCO)cc1. The monoisotopic (exact) mass is 251 g/mol. The molecule has 0 bridgehead atoms. The minimum Gasteiger partial charge on any atom is -0.395 e. The first-order chi connectivity index (χ1) is 8.55. The highest BCUT2D eigenvalue weighted by atomic mass is 16.3. The zero-order chi connectivity index (χ0) is 13.6. The standard InChI is InChI=1S/C15H25NO2/c1-4-15(2,3)13-5-7-14(8-6-13)16(9-11-17)10-12-18/h5-8,17-18H,4,9-12H2,1-3H3. The molecule has 0 fully saturated rings. The van der Waals surface area contributed by atoms with Crippen molar-refractivity contribution in [2.75, 3.05) is 31.2 Å². The lowest BCUT2D eigenvalue weighted by molar-refractivity contribution is 0.281. The van der Waals surface area contributed by atoms with Crippen LogP contribution in [0.4, 0.5) is 5.69 Å². The molecule has 1 aromatic carbocycles. The van der Waals surface area contributed by atoms with E-state index in [2.05, 4.69) is 45.0 Å². The Labute approximate surface area is 110 Å². The Morgan fingerprint density at radius 3 is 1.89 bits per heavy atom. The van der Waals surface area contributed by atoms with Crippen LogP contribution < -0.4 is 4.90 Å². The van der Waals surface area contributed by atoms with Gasteiger partial charge in [-0.25, -0.2) is 0 Å². The van der Waals surface area contributed by atoms with Crippen LogP contribution in [0, 0.1) is 0 Å². The van der Waals surface area contributed by atoms with E-state index in [9.17, 15) is 0 Å². The summed E-state index contributed by atoms with van der Waals surface area (Å²) in [7, 11) is 0. The van der Waals surface area contributed by atoms with Crippen molar-refractivity contribution in [1.82, 2.24) is 0 Å². The predicted octanol–water partition coefficient (Wildman–Crippen LogP) is 2.17. The van der Waals surface area contributed by atoms with Crippen molar-refractivity contribution in [1.29, 1.82) is 0 Å². The van der Waals surface area contributed by atoms with E-state index in [-0.39, 0.29) is 18.6 Å². The number of aliphatic hydroxyl groups excluding tert-OH is 2. The summed E-state index contributed by atoms with van der Waals surface area (Å²) >= 11 is 0. The van der Waals surface area contributed by atoms with Crippen molar-refractivity contribution in [3.8, 4) is 0 Å².